The summed E-state index contributed by atoms with van der Waals surface area (Å²) in [6, 6.07) is 17.4. The number of ether oxygens (including phenoxy) is 1. The second-order valence-corrected chi connectivity index (χ2v) is 11.4. The topological polar surface area (TPSA) is 83.7 Å². The van der Waals surface area contributed by atoms with Crippen molar-refractivity contribution in [2.75, 3.05) is 20.4 Å². The number of hydrogen-bond acceptors (Lipinski definition) is 7. The largest absolute Gasteiger partial charge is 0.372 e. The minimum atomic E-state index is -1.63. The van der Waals surface area contributed by atoms with Crippen molar-refractivity contribution in [1.29, 1.82) is 0 Å². The van der Waals surface area contributed by atoms with Crippen LogP contribution in [0.3, 0.4) is 0 Å². The monoisotopic (exact) mass is 487 g/mol. The van der Waals surface area contributed by atoms with Gasteiger partial charge in [-0.3, -0.25) is 19.9 Å². The zero-order chi connectivity index (χ0) is 26.1. The van der Waals surface area contributed by atoms with Crippen molar-refractivity contribution in [3.8, 4) is 0 Å². The molecule has 1 atom stereocenters. The molecule has 0 amide bonds. The van der Waals surface area contributed by atoms with Gasteiger partial charge < -0.3 is 9.84 Å². The van der Waals surface area contributed by atoms with E-state index in [1.165, 1.54) is 0 Å². The van der Waals surface area contributed by atoms with Gasteiger partial charge in [0.2, 0.25) is 0 Å². The molecule has 0 bridgehead atoms. The van der Waals surface area contributed by atoms with Gasteiger partial charge >= 0.3 is 0 Å². The van der Waals surface area contributed by atoms with E-state index in [0.717, 1.165) is 17.1 Å². The number of aliphatic hydroxyl groups is 1. The third kappa shape index (κ3) is 5.09. The van der Waals surface area contributed by atoms with Gasteiger partial charge in [-0.05, 0) is 36.4 Å². The van der Waals surface area contributed by atoms with Crippen molar-refractivity contribution < 1.29 is 9.84 Å². The van der Waals surface area contributed by atoms with Crippen LogP contribution in [0, 0.1) is 0 Å². The number of aliphatic imine (C=N–C) groups is 1. The van der Waals surface area contributed by atoms with E-state index < -0.39 is 5.60 Å². The number of hydrogen-bond donors (Lipinski definition) is 1. The van der Waals surface area contributed by atoms with Crippen molar-refractivity contribution in [3.05, 3.63) is 89.3 Å². The van der Waals surface area contributed by atoms with Gasteiger partial charge in [0.05, 0.1) is 22.8 Å². The Bertz CT molecular complexity index is 1170. The first-order chi connectivity index (χ1) is 16.9. The molecule has 0 aliphatic carbocycles. The van der Waals surface area contributed by atoms with Crippen molar-refractivity contribution in [1.82, 2.24) is 19.9 Å². The van der Waals surface area contributed by atoms with Crippen LogP contribution in [0.5, 0.6) is 0 Å². The molecule has 1 aliphatic heterocycles. The molecule has 0 fully saturated rings. The van der Waals surface area contributed by atoms with Gasteiger partial charge in [-0.1, -0.05) is 59.7 Å². The fourth-order valence-corrected chi connectivity index (χ4v) is 4.36. The average Bonchev–Trinajstić information content (AvgIpc) is 3.28. The molecule has 0 radical (unpaired) electrons. The van der Waals surface area contributed by atoms with E-state index in [2.05, 4.69) is 46.5 Å². The number of pyridine rings is 3. The summed E-state index contributed by atoms with van der Waals surface area (Å²) < 4.78 is 5.49. The number of methoxy groups -OCH3 is 1. The minimum Gasteiger partial charge on any atom is -0.372 e. The first kappa shape index (κ1) is 26.1. The molecule has 7 heteroatoms. The van der Waals surface area contributed by atoms with Gasteiger partial charge in [0, 0.05) is 42.1 Å². The lowest BCUT2D eigenvalue weighted by Gasteiger charge is -2.31. The third-order valence-electron chi connectivity index (χ3n) is 6.42. The summed E-state index contributed by atoms with van der Waals surface area (Å²) in [6.07, 6.45) is 1.37. The van der Waals surface area contributed by atoms with Crippen LogP contribution in [-0.4, -0.2) is 51.1 Å². The number of rotatable bonds is 6. The van der Waals surface area contributed by atoms with Gasteiger partial charge in [-0.15, -0.1) is 0 Å². The molecule has 4 heterocycles. The van der Waals surface area contributed by atoms with E-state index in [9.17, 15) is 5.11 Å². The molecule has 1 aliphatic rings. The van der Waals surface area contributed by atoms with E-state index >= 15 is 0 Å². The predicted octanol–water partition coefficient (Wildman–Crippen LogP) is 4.76. The van der Waals surface area contributed by atoms with Gasteiger partial charge in [0.1, 0.15) is 12.9 Å². The molecular weight excluding hydrogens is 450 g/mol. The maximum atomic E-state index is 12.6. The fourth-order valence-electron chi connectivity index (χ4n) is 4.36. The molecule has 1 N–H and O–H groups in total. The first-order valence-electron chi connectivity index (χ1n) is 12.3. The highest BCUT2D eigenvalue weighted by atomic mass is 16.5. The molecule has 0 spiro atoms. The molecule has 0 saturated heterocycles. The third-order valence-corrected chi connectivity index (χ3v) is 6.42. The van der Waals surface area contributed by atoms with Crippen LogP contribution in [0.25, 0.3) is 0 Å². The molecule has 36 heavy (non-hydrogen) atoms. The average molecular weight is 488 g/mol. The quantitative estimate of drug-likeness (QED) is 0.540. The van der Waals surface area contributed by atoms with E-state index in [4.69, 9.17) is 19.7 Å². The van der Waals surface area contributed by atoms with Crippen LogP contribution in [0.4, 0.5) is 0 Å². The highest BCUT2D eigenvalue weighted by Gasteiger charge is 2.46. The van der Waals surface area contributed by atoms with E-state index in [-0.39, 0.29) is 17.0 Å². The van der Waals surface area contributed by atoms with Crippen molar-refractivity contribution >= 4 is 5.71 Å². The maximum Gasteiger partial charge on any atom is 0.188 e. The Morgan fingerprint density at radius 2 is 1.39 bits per heavy atom. The number of aromatic nitrogens is 3. The van der Waals surface area contributed by atoms with E-state index in [1.807, 2.05) is 59.5 Å². The summed E-state index contributed by atoms with van der Waals surface area (Å²) >= 11 is 0. The molecule has 0 saturated carbocycles. The Morgan fingerprint density at radius 1 is 0.833 bits per heavy atom. The summed E-state index contributed by atoms with van der Waals surface area (Å²) in [5, 5.41) is 12.6. The molecular formula is C29H37N5O2. The second kappa shape index (κ2) is 9.81. The predicted molar refractivity (Wildman–Crippen MR) is 142 cm³/mol. The van der Waals surface area contributed by atoms with Crippen molar-refractivity contribution in [2.45, 2.75) is 64.1 Å². The summed E-state index contributed by atoms with van der Waals surface area (Å²) in [5.41, 5.74) is 2.14. The zero-order valence-electron chi connectivity index (χ0n) is 22.4. The van der Waals surface area contributed by atoms with E-state index in [1.54, 1.807) is 13.3 Å². The normalized spacial score (nSPS) is 17.3. The molecule has 0 aromatic carbocycles. The van der Waals surface area contributed by atoms with Crippen LogP contribution in [0.1, 0.15) is 76.2 Å². The molecule has 7 nitrogen and oxygen atoms in total. The molecule has 1 unspecified atom stereocenters. The van der Waals surface area contributed by atoms with Gasteiger partial charge in [-0.2, -0.15) is 0 Å². The summed E-state index contributed by atoms with van der Waals surface area (Å²) in [4.78, 5) is 21.5. The zero-order valence-corrected chi connectivity index (χ0v) is 22.4. The van der Waals surface area contributed by atoms with Gasteiger partial charge in [0.25, 0.3) is 0 Å². The standard InChI is InChI=1S/C29H37N5O2/c1-27(2,3)21-13-10-15-23(31-21)29(35,24-16-11-14-22(32-24)28(4,5)6)25-18-34(19-36-7)26(33-25)20-12-8-9-17-30-20/h8-17,26,35H,18-19H2,1-7H3. The first-order valence-corrected chi connectivity index (χ1v) is 12.3. The lowest BCUT2D eigenvalue weighted by Crippen LogP contribution is -2.43. The maximum absolute atomic E-state index is 12.6. The summed E-state index contributed by atoms with van der Waals surface area (Å²) in [7, 11) is 1.66. The lowest BCUT2D eigenvalue weighted by molar-refractivity contribution is 0.0515. The molecule has 190 valence electrons. The van der Waals surface area contributed by atoms with Crippen molar-refractivity contribution in [2.24, 2.45) is 4.99 Å². The van der Waals surface area contributed by atoms with Crippen LogP contribution >= 0.6 is 0 Å². The number of nitrogens with zero attached hydrogens (tertiary/aromatic N) is 5. The fraction of sp³-hybridized carbons (Fsp3) is 0.448. The molecule has 3 aromatic heterocycles. The smallest absolute Gasteiger partial charge is 0.188 e. The van der Waals surface area contributed by atoms with Crippen LogP contribution in [0.15, 0.2) is 65.8 Å². The minimum absolute atomic E-state index is 0.187. The summed E-state index contributed by atoms with van der Waals surface area (Å²) in [6.45, 7) is 13.4. The van der Waals surface area contributed by atoms with Crippen LogP contribution in [-0.2, 0) is 21.2 Å². The van der Waals surface area contributed by atoms with Crippen LogP contribution in [0.2, 0.25) is 0 Å². The van der Waals surface area contributed by atoms with Crippen molar-refractivity contribution in [3.63, 3.8) is 0 Å². The van der Waals surface area contributed by atoms with Gasteiger partial charge in [0.15, 0.2) is 5.60 Å². The lowest BCUT2D eigenvalue weighted by atomic mass is 9.85. The Hall–Kier alpha value is -3.00. The van der Waals surface area contributed by atoms with Crippen LogP contribution < -0.4 is 0 Å². The Labute approximate surface area is 214 Å². The molecule has 3 aromatic rings. The Kier molecular flexibility index (Phi) is 7.10. The van der Waals surface area contributed by atoms with Gasteiger partial charge in [-0.25, -0.2) is 4.90 Å². The highest BCUT2D eigenvalue weighted by molar-refractivity contribution is 5.98. The SMILES string of the molecule is COCN1CC(C(O)(c2cccc(C(C)(C)C)n2)c2cccc(C(C)(C)C)n2)=NC1c1ccccn1. The Balaban J connectivity index is 1.93. The highest BCUT2D eigenvalue weighted by Crippen LogP contribution is 2.37. The summed E-state index contributed by atoms with van der Waals surface area (Å²) in [5.74, 6) is 0. The Morgan fingerprint density at radius 3 is 1.86 bits per heavy atom. The molecule has 4 rings (SSSR count). The second-order valence-electron chi connectivity index (χ2n) is 11.4. The van der Waals surface area contributed by atoms with E-state index in [0.29, 0.717) is 30.4 Å².